The maximum absolute atomic E-state index is 6.05. The average Bonchev–Trinajstić information content (AvgIpc) is 2.75. The van der Waals surface area contributed by atoms with Gasteiger partial charge in [-0.3, -0.25) is 0 Å². The van der Waals surface area contributed by atoms with E-state index in [2.05, 4.69) is 35.5 Å². The summed E-state index contributed by atoms with van der Waals surface area (Å²) >= 11 is 0. The molecular formula is C14H20N2O. The van der Waals surface area contributed by atoms with Crippen LogP contribution in [0, 0.1) is 0 Å². The molecule has 1 atom stereocenters. The molecule has 1 N–H and O–H groups in total. The fraction of sp³-hybridized carbons (Fsp3) is 0.571. The number of hydrogen-bond acceptors (Lipinski definition) is 3. The topological polar surface area (TPSA) is 24.5 Å². The standard InChI is InChI=1S/C14H20N2O/c1-16-7-5-14(10-16)17-13-3-2-12-9-15-6-4-11(12)8-13/h2-3,8,14-15H,4-7,9-10H2,1H3. The highest BCUT2D eigenvalue weighted by atomic mass is 16.5. The van der Waals surface area contributed by atoms with E-state index in [-0.39, 0.29) is 0 Å². The van der Waals surface area contributed by atoms with Gasteiger partial charge in [0.25, 0.3) is 0 Å². The largest absolute Gasteiger partial charge is 0.489 e. The number of hydrogen-bond donors (Lipinski definition) is 1. The Labute approximate surface area is 103 Å². The smallest absolute Gasteiger partial charge is 0.120 e. The van der Waals surface area contributed by atoms with Crippen LogP contribution >= 0.6 is 0 Å². The number of likely N-dealkylation sites (tertiary alicyclic amines) is 1. The van der Waals surface area contributed by atoms with E-state index in [1.54, 1.807) is 0 Å². The van der Waals surface area contributed by atoms with Gasteiger partial charge in [0.05, 0.1) is 0 Å². The Morgan fingerprint density at radius 3 is 3.12 bits per heavy atom. The highest BCUT2D eigenvalue weighted by molar-refractivity contribution is 5.37. The van der Waals surface area contributed by atoms with Crippen LogP contribution in [0.25, 0.3) is 0 Å². The first-order valence-corrected chi connectivity index (χ1v) is 6.49. The number of likely N-dealkylation sites (N-methyl/N-ethyl adjacent to an activating group) is 1. The van der Waals surface area contributed by atoms with Crippen LogP contribution in [0.4, 0.5) is 0 Å². The Morgan fingerprint density at radius 1 is 1.35 bits per heavy atom. The maximum atomic E-state index is 6.05. The number of benzene rings is 1. The third-order valence-corrected chi connectivity index (χ3v) is 3.72. The summed E-state index contributed by atoms with van der Waals surface area (Å²) in [6.07, 6.45) is 2.64. The van der Waals surface area contributed by atoms with Gasteiger partial charge in [0.1, 0.15) is 11.9 Å². The second-order valence-electron chi connectivity index (χ2n) is 5.15. The van der Waals surface area contributed by atoms with E-state index in [1.807, 2.05) is 0 Å². The zero-order chi connectivity index (χ0) is 11.7. The van der Waals surface area contributed by atoms with Gasteiger partial charge in [0.2, 0.25) is 0 Å². The van der Waals surface area contributed by atoms with Gasteiger partial charge in [-0.1, -0.05) is 6.07 Å². The third kappa shape index (κ3) is 2.45. The van der Waals surface area contributed by atoms with Crippen LogP contribution in [0.3, 0.4) is 0 Å². The molecule has 0 saturated carbocycles. The van der Waals surface area contributed by atoms with Crippen LogP contribution in [0.15, 0.2) is 18.2 Å². The molecule has 92 valence electrons. The predicted octanol–water partition coefficient (Wildman–Crippen LogP) is 1.42. The lowest BCUT2D eigenvalue weighted by Gasteiger charge is -2.19. The fourth-order valence-corrected chi connectivity index (χ4v) is 2.71. The summed E-state index contributed by atoms with van der Waals surface area (Å²) in [6.45, 7) is 4.29. The lowest BCUT2D eigenvalue weighted by molar-refractivity contribution is 0.208. The predicted molar refractivity (Wildman–Crippen MR) is 68.4 cm³/mol. The van der Waals surface area contributed by atoms with Gasteiger partial charge in [0, 0.05) is 19.6 Å². The van der Waals surface area contributed by atoms with Crippen molar-refractivity contribution in [1.82, 2.24) is 10.2 Å². The number of nitrogens with zero attached hydrogens (tertiary/aromatic N) is 1. The number of ether oxygens (including phenoxy) is 1. The minimum Gasteiger partial charge on any atom is -0.489 e. The molecule has 2 heterocycles. The first-order valence-electron chi connectivity index (χ1n) is 6.49. The second kappa shape index (κ2) is 4.67. The first-order chi connectivity index (χ1) is 8.31. The van der Waals surface area contributed by atoms with Crippen LogP contribution in [0.1, 0.15) is 17.5 Å². The second-order valence-corrected chi connectivity index (χ2v) is 5.15. The van der Waals surface area contributed by atoms with E-state index in [4.69, 9.17) is 4.74 Å². The fourth-order valence-electron chi connectivity index (χ4n) is 2.71. The lowest BCUT2D eigenvalue weighted by Crippen LogP contribution is -2.24. The van der Waals surface area contributed by atoms with E-state index in [9.17, 15) is 0 Å². The number of nitrogens with one attached hydrogen (secondary N) is 1. The van der Waals surface area contributed by atoms with Crippen molar-refractivity contribution in [3.63, 3.8) is 0 Å². The minimum absolute atomic E-state index is 0.375. The lowest BCUT2D eigenvalue weighted by atomic mass is 10.0. The van der Waals surface area contributed by atoms with Gasteiger partial charge >= 0.3 is 0 Å². The van der Waals surface area contributed by atoms with E-state index in [0.29, 0.717) is 6.10 Å². The first kappa shape index (κ1) is 11.1. The molecule has 1 aromatic rings. The normalized spacial score (nSPS) is 24.6. The van der Waals surface area contributed by atoms with Crippen molar-refractivity contribution in [2.75, 3.05) is 26.7 Å². The summed E-state index contributed by atoms with van der Waals surface area (Å²) < 4.78 is 6.05. The molecule has 1 unspecified atom stereocenters. The highest BCUT2D eigenvalue weighted by Gasteiger charge is 2.21. The van der Waals surface area contributed by atoms with E-state index >= 15 is 0 Å². The van der Waals surface area contributed by atoms with Crippen LogP contribution < -0.4 is 10.1 Å². The molecule has 17 heavy (non-hydrogen) atoms. The van der Waals surface area contributed by atoms with E-state index < -0.39 is 0 Å². The van der Waals surface area contributed by atoms with Crippen molar-refractivity contribution in [2.45, 2.75) is 25.5 Å². The van der Waals surface area contributed by atoms with Crippen LogP contribution in [0.5, 0.6) is 5.75 Å². The van der Waals surface area contributed by atoms with Crippen molar-refractivity contribution < 1.29 is 4.74 Å². The van der Waals surface area contributed by atoms with Crippen molar-refractivity contribution in [3.05, 3.63) is 29.3 Å². The summed E-state index contributed by atoms with van der Waals surface area (Å²) in [4.78, 5) is 2.33. The number of fused-ring (bicyclic) bond motifs is 1. The average molecular weight is 232 g/mol. The molecule has 0 aromatic heterocycles. The monoisotopic (exact) mass is 232 g/mol. The molecule has 1 aromatic carbocycles. The van der Waals surface area contributed by atoms with Gasteiger partial charge in [-0.2, -0.15) is 0 Å². The number of rotatable bonds is 2. The minimum atomic E-state index is 0.375. The molecule has 1 saturated heterocycles. The molecule has 0 spiro atoms. The SMILES string of the molecule is CN1CCC(Oc2ccc3c(c2)CCNC3)C1. The summed E-state index contributed by atoms with van der Waals surface area (Å²) in [6, 6.07) is 6.55. The van der Waals surface area contributed by atoms with Gasteiger partial charge in [-0.05, 0) is 49.7 Å². The Kier molecular flexibility index (Phi) is 3.04. The van der Waals surface area contributed by atoms with Crippen LogP contribution in [0.2, 0.25) is 0 Å². The quantitative estimate of drug-likeness (QED) is 0.834. The molecule has 1 fully saturated rings. The highest BCUT2D eigenvalue weighted by Crippen LogP contribution is 2.23. The Bertz CT molecular complexity index is 405. The zero-order valence-corrected chi connectivity index (χ0v) is 10.4. The molecule has 0 bridgehead atoms. The van der Waals surface area contributed by atoms with Gasteiger partial charge in [-0.15, -0.1) is 0 Å². The van der Waals surface area contributed by atoms with E-state index in [0.717, 1.165) is 44.8 Å². The molecular weight excluding hydrogens is 212 g/mol. The molecule has 0 amide bonds. The molecule has 3 rings (SSSR count). The molecule has 3 heteroatoms. The molecule has 0 radical (unpaired) electrons. The van der Waals surface area contributed by atoms with Crippen LogP contribution in [-0.4, -0.2) is 37.7 Å². The molecule has 3 nitrogen and oxygen atoms in total. The van der Waals surface area contributed by atoms with Crippen molar-refractivity contribution in [3.8, 4) is 5.75 Å². The summed E-state index contributed by atoms with van der Waals surface area (Å²) in [5.74, 6) is 1.05. The summed E-state index contributed by atoms with van der Waals surface area (Å²) in [7, 11) is 2.15. The van der Waals surface area contributed by atoms with Gasteiger partial charge < -0.3 is 15.0 Å². The van der Waals surface area contributed by atoms with Crippen molar-refractivity contribution >= 4 is 0 Å². The Morgan fingerprint density at radius 2 is 2.29 bits per heavy atom. The Hall–Kier alpha value is -1.06. The van der Waals surface area contributed by atoms with Gasteiger partial charge in [-0.25, -0.2) is 0 Å². The molecule has 0 aliphatic carbocycles. The summed E-state index contributed by atoms with van der Waals surface area (Å²) in [5, 5.41) is 3.39. The Balaban J connectivity index is 1.71. The zero-order valence-electron chi connectivity index (χ0n) is 10.4. The van der Waals surface area contributed by atoms with Gasteiger partial charge in [0.15, 0.2) is 0 Å². The third-order valence-electron chi connectivity index (χ3n) is 3.72. The summed E-state index contributed by atoms with van der Waals surface area (Å²) in [5.41, 5.74) is 2.87. The maximum Gasteiger partial charge on any atom is 0.120 e. The van der Waals surface area contributed by atoms with E-state index in [1.165, 1.54) is 11.1 Å². The van der Waals surface area contributed by atoms with Crippen LogP contribution in [-0.2, 0) is 13.0 Å². The molecule has 2 aliphatic heterocycles. The van der Waals surface area contributed by atoms with Crippen molar-refractivity contribution in [1.29, 1.82) is 0 Å². The molecule has 2 aliphatic rings. The van der Waals surface area contributed by atoms with Crippen molar-refractivity contribution in [2.24, 2.45) is 0 Å².